The summed E-state index contributed by atoms with van der Waals surface area (Å²) < 4.78 is 1.89. The number of tetrazole rings is 1. The molecule has 1 unspecified atom stereocenters. The molecule has 2 N–H and O–H groups in total. The highest BCUT2D eigenvalue weighted by molar-refractivity contribution is 5.81. The van der Waals surface area contributed by atoms with Gasteiger partial charge in [0.1, 0.15) is 0 Å². The van der Waals surface area contributed by atoms with Crippen LogP contribution in [0.15, 0.2) is 24.3 Å². The molecule has 1 heterocycles. The SMILES string of the molecule is CC(C)C(C)NC(=O)CNc1ccc(-c2nnnn2C2CC2)cc1. The van der Waals surface area contributed by atoms with Gasteiger partial charge in [-0.05, 0) is 60.4 Å². The Morgan fingerprint density at radius 2 is 1.96 bits per heavy atom. The second kappa shape index (κ2) is 6.98. The average Bonchev–Trinajstić information content (AvgIpc) is 3.30. The van der Waals surface area contributed by atoms with Crippen molar-refractivity contribution in [2.45, 2.75) is 45.7 Å². The molecule has 7 nitrogen and oxygen atoms in total. The van der Waals surface area contributed by atoms with Crippen molar-refractivity contribution in [3.05, 3.63) is 24.3 Å². The summed E-state index contributed by atoms with van der Waals surface area (Å²) in [6, 6.07) is 8.45. The lowest BCUT2D eigenvalue weighted by Crippen LogP contribution is -2.39. The van der Waals surface area contributed by atoms with Gasteiger partial charge in [-0.25, -0.2) is 4.68 Å². The number of hydrogen-bond donors (Lipinski definition) is 2. The largest absolute Gasteiger partial charge is 0.376 e. The molecule has 3 rings (SSSR count). The molecule has 1 fully saturated rings. The Morgan fingerprint density at radius 1 is 1.25 bits per heavy atom. The van der Waals surface area contributed by atoms with Crippen molar-refractivity contribution in [3.63, 3.8) is 0 Å². The van der Waals surface area contributed by atoms with Crippen molar-refractivity contribution in [1.29, 1.82) is 0 Å². The smallest absolute Gasteiger partial charge is 0.239 e. The molecule has 1 aromatic carbocycles. The second-order valence-electron chi connectivity index (χ2n) is 6.71. The lowest BCUT2D eigenvalue weighted by Gasteiger charge is -2.17. The van der Waals surface area contributed by atoms with Gasteiger partial charge < -0.3 is 10.6 Å². The van der Waals surface area contributed by atoms with E-state index in [0.717, 1.165) is 29.9 Å². The predicted molar refractivity (Wildman–Crippen MR) is 92.5 cm³/mol. The van der Waals surface area contributed by atoms with Gasteiger partial charge in [0.25, 0.3) is 0 Å². The van der Waals surface area contributed by atoms with E-state index < -0.39 is 0 Å². The molecular weight excluding hydrogens is 304 g/mol. The van der Waals surface area contributed by atoms with Crippen LogP contribution in [0.5, 0.6) is 0 Å². The number of carbonyl (C=O) groups excluding carboxylic acids is 1. The number of amides is 1. The third kappa shape index (κ3) is 3.90. The van der Waals surface area contributed by atoms with Gasteiger partial charge in [-0.2, -0.15) is 0 Å². The van der Waals surface area contributed by atoms with Crippen LogP contribution in [-0.2, 0) is 4.79 Å². The summed E-state index contributed by atoms with van der Waals surface area (Å²) in [7, 11) is 0. The number of carbonyl (C=O) groups is 1. The first kappa shape index (κ1) is 16.4. The van der Waals surface area contributed by atoms with E-state index in [-0.39, 0.29) is 18.5 Å². The van der Waals surface area contributed by atoms with E-state index in [0.29, 0.717) is 12.0 Å². The maximum absolute atomic E-state index is 11.9. The van der Waals surface area contributed by atoms with Crippen LogP contribution in [0.25, 0.3) is 11.4 Å². The number of nitrogens with one attached hydrogen (secondary N) is 2. The van der Waals surface area contributed by atoms with E-state index in [1.165, 1.54) is 0 Å². The highest BCUT2D eigenvalue weighted by Gasteiger charge is 2.28. The van der Waals surface area contributed by atoms with Crippen molar-refractivity contribution in [1.82, 2.24) is 25.5 Å². The Balaban J connectivity index is 1.57. The lowest BCUT2D eigenvalue weighted by molar-refractivity contribution is -0.120. The highest BCUT2D eigenvalue weighted by Crippen LogP contribution is 2.36. The minimum absolute atomic E-state index is 0.00190. The molecule has 2 aromatic rings. The molecule has 0 saturated heterocycles. The van der Waals surface area contributed by atoms with E-state index in [1.807, 2.05) is 35.9 Å². The zero-order chi connectivity index (χ0) is 17.1. The fourth-order valence-corrected chi connectivity index (χ4v) is 2.34. The molecule has 1 saturated carbocycles. The molecular formula is C17H24N6O. The molecule has 1 aliphatic carbocycles. The summed E-state index contributed by atoms with van der Waals surface area (Å²) in [5, 5.41) is 18.1. The summed E-state index contributed by atoms with van der Waals surface area (Å²) in [5.41, 5.74) is 1.88. The van der Waals surface area contributed by atoms with Crippen molar-refractivity contribution in [3.8, 4) is 11.4 Å². The van der Waals surface area contributed by atoms with Crippen LogP contribution in [0.3, 0.4) is 0 Å². The van der Waals surface area contributed by atoms with Gasteiger partial charge in [-0.15, -0.1) is 5.10 Å². The molecule has 0 bridgehead atoms. The minimum Gasteiger partial charge on any atom is -0.376 e. The van der Waals surface area contributed by atoms with E-state index in [1.54, 1.807) is 0 Å². The minimum atomic E-state index is -0.00190. The summed E-state index contributed by atoms with van der Waals surface area (Å²) in [6.07, 6.45) is 2.28. The molecule has 0 radical (unpaired) electrons. The zero-order valence-corrected chi connectivity index (χ0v) is 14.4. The van der Waals surface area contributed by atoms with Crippen LogP contribution >= 0.6 is 0 Å². The monoisotopic (exact) mass is 328 g/mol. The number of aromatic nitrogens is 4. The van der Waals surface area contributed by atoms with Crippen LogP contribution in [0.1, 0.15) is 39.7 Å². The molecule has 1 amide bonds. The topological polar surface area (TPSA) is 84.7 Å². The molecule has 0 aliphatic heterocycles. The highest BCUT2D eigenvalue weighted by atomic mass is 16.1. The van der Waals surface area contributed by atoms with Crippen LogP contribution in [0.4, 0.5) is 5.69 Å². The molecule has 1 aliphatic rings. The Kier molecular flexibility index (Phi) is 4.78. The predicted octanol–water partition coefficient (Wildman–Crippen LogP) is 2.25. The van der Waals surface area contributed by atoms with Crippen molar-refractivity contribution >= 4 is 11.6 Å². The second-order valence-corrected chi connectivity index (χ2v) is 6.71. The molecule has 1 aromatic heterocycles. The lowest BCUT2D eigenvalue weighted by atomic mass is 10.1. The average molecular weight is 328 g/mol. The van der Waals surface area contributed by atoms with Gasteiger partial charge in [0.15, 0.2) is 5.82 Å². The van der Waals surface area contributed by atoms with Gasteiger partial charge in [0, 0.05) is 17.3 Å². The number of anilines is 1. The maximum Gasteiger partial charge on any atom is 0.239 e. The van der Waals surface area contributed by atoms with Gasteiger partial charge in [0.05, 0.1) is 12.6 Å². The molecule has 1 atom stereocenters. The Labute approximate surface area is 141 Å². The standard InChI is InChI=1S/C17H24N6O/c1-11(2)12(3)19-16(24)10-18-14-6-4-13(5-7-14)17-20-21-22-23(17)15-8-9-15/h4-7,11-12,15,18H,8-10H2,1-3H3,(H,19,24). The van der Waals surface area contributed by atoms with Gasteiger partial charge in [0.2, 0.25) is 5.91 Å². The number of nitrogens with zero attached hydrogens (tertiary/aromatic N) is 4. The molecule has 24 heavy (non-hydrogen) atoms. The first-order chi connectivity index (χ1) is 11.5. The van der Waals surface area contributed by atoms with E-state index in [4.69, 9.17) is 0 Å². The van der Waals surface area contributed by atoms with Crippen molar-refractivity contribution in [2.24, 2.45) is 5.92 Å². The Bertz CT molecular complexity index is 689. The van der Waals surface area contributed by atoms with Crippen LogP contribution < -0.4 is 10.6 Å². The summed E-state index contributed by atoms with van der Waals surface area (Å²) in [5.74, 6) is 1.22. The molecule has 0 spiro atoms. The first-order valence-electron chi connectivity index (χ1n) is 8.46. The quantitative estimate of drug-likeness (QED) is 0.814. The Morgan fingerprint density at radius 3 is 2.58 bits per heavy atom. The Hall–Kier alpha value is -2.44. The third-order valence-electron chi connectivity index (χ3n) is 4.37. The maximum atomic E-state index is 11.9. The van der Waals surface area contributed by atoms with Gasteiger partial charge >= 0.3 is 0 Å². The van der Waals surface area contributed by atoms with Crippen molar-refractivity contribution in [2.75, 3.05) is 11.9 Å². The number of hydrogen-bond acceptors (Lipinski definition) is 5. The van der Waals surface area contributed by atoms with E-state index in [9.17, 15) is 4.79 Å². The van der Waals surface area contributed by atoms with Crippen LogP contribution in [0, 0.1) is 5.92 Å². The van der Waals surface area contributed by atoms with Gasteiger partial charge in [-0.3, -0.25) is 4.79 Å². The number of benzene rings is 1. The van der Waals surface area contributed by atoms with E-state index in [2.05, 4.69) is 40.0 Å². The third-order valence-corrected chi connectivity index (χ3v) is 4.37. The van der Waals surface area contributed by atoms with Crippen LogP contribution in [0.2, 0.25) is 0 Å². The fourth-order valence-electron chi connectivity index (χ4n) is 2.34. The molecule has 7 heteroatoms. The van der Waals surface area contributed by atoms with Gasteiger partial charge in [-0.1, -0.05) is 13.8 Å². The summed E-state index contributed by atoms with van der Waals surface area (Å²) >= 11 is 0. The summed E-state index contributed by atoms with van der Waals surface area (Å²) in [4.78, 5) is 11.9. The molecule has 128 valence electrons. The zero-order valence-electron chi connectivity index (χ0n) is 14.4. The fraction of sp³-hybridized carbons (Fsp3) is 0.529. The van der Waals surface area contributed by atoms with E-state index >= 15 is 0 Å². The summed E-state index contributed by atoms with van der Waals surface area (Å²) in [6.45, 7) is 6.45. The first-order valence-corrected chi connectivity index (χ1v) is 8.46. The normalized spacial score (nSPS) is 15.3. The van der Waals surface area contributed by atoms with Crippen LogP contribution in [-0.4, -0.2) is 38.7 Å². The van der Waals surface area contributed by atoms with Crippen molar-refractivity contribution < 1.29 is 4.79 Å². The number of rotatable bonds is 7.